The van der Waals surface area contributed by atoms with Gasteiger partial charge < -0.3 is 10.2 Å². The Kier molecular flexibility index (Phi) is 5.67. The molecule has 3 aromatic rings. The summed E-state index contributed by atoms with van der Waals surface area (Å²) in [5.41, 5.74) is 8.49. The minimum Gasteiger partial charge on any atom is -0.374 e. The Morgan fingerprint density at radius 2 is 2.06 bits per heavy atom. The van der Waals surface area contributed by atoms with Gasteiger partial charge in [-0.25, -0.2) is 9.66 Å². The van der Waals surface area contributed by atoms with Gasteiger partial charge in [-0.15, -0.1) is 0 Å². The predicted octanol–water partition coefficient (Wildman–Crippen LogP) is 5.30. The molecule has 0 spiro atoms. The molecule has 0 saturated heterocycles. The fraction of sp³-hybridized carbons (Fsp3) is 0.333. The first-order valence-electron chi connectivity index (χ1n) is 10.7. The highest BCUT2D eigenvalue weighted by Crippen LogP contribution is 2.52. The summed E-state index contributed by atoms with van der Waals surface area (Å²) in [6, 6.07) is 7.84. The van der Waals surface area contributed by atoms with Crippen LogP contribution in [0.2, 0.25) is 5.02 Å². The average molecular weight is 437 g/mol. The highest BCUT2D eigenvalue weighted by atomic mass is 35.5. The quantitative estimate of drug-likeness (QED) is 0.501. The largest absolute Gasteiger partial charge is 0.374 e. The summed E-state index contributed by atoms with van der Waals surface area (Å²) in [4.78, 5) is 11.6. The smallest absolute Gasteiger partial charge is 0.148 e. The molecule has 0 radical (unpaired) electrons. The van der Waals surface area contributed by atoms with E-state index < -0.39 is 0 Å². The van der Waals surface area contributed by atoms with Crippen LogP contribution in [0.4, 0.5) is 5.69 Å². The van der Waals surface area contributed by atoms with Gasteiger partial charge >= 0.3 is 0 Å². The normalized spacial score (nSPS) is 17.8. The number of fused-ring (bicyclic) bond motifs is 2. The number of imidazole rings is 1. The molecule has 31 heavy (non-hydrogen) atoms. The van der Waals surface area contributed by atoms with Gasteiger partial charge in [-0.2, -0.15) is 0 Å². The third kappa shape index (κ3) is 3.45. The van der Waals surface area contributed by atoms with Crippen LogP contribution in [-0.2, 0) is 12.0 Å². The second kappa shape index (κ2) is 8.27. The number of rotatable bonds is 8. The van der Waals surface area contributed by atoms with Crippen molar-refractivity contribution in [2.24, 2.45) is 0 Å². The van der Waals surface area contributed by atoms with Crippen molar-refractivity contribution in [3.63, 3.8) is 0 Å². The van der Waals surface area contributed by atoms with Crippen molar-refractivity contribution in [3.8, 4) is 0 Å². The van der Waals surface area contributed by atoms with E-state index in [0.29, 0.717) is 17.4 Å². The van der Waals surface area contributed by atoms with Crippen LogP contribution in [-0.4, -0.2) is 21.7 Å². The second-order valence-corrected chi connectivity index (χ2v) is 8.38. The molecule has 0 aliphatic carbocycles. The maximum Gasteiger partial charge on any atom is 0.148 e. The van der Waals surface area contributed by atoms with E-state index in [-0.39, 0.29) is 5.41 Å². The van der Waals surface area contributed by atoms with E-state index in [9.17, 15) is 0 Å². The molecule has 1 unspecified atom stereocenters. The zero-order valence-electron chi connectivity index (χ0n) is 18.4. The van der Waals surface area contributed by atoms with Crippen molar-refractivity contribution >= 4 is 28.3 Å². The van der Waals surface area contributed by atoms with E-state index in [1.54, 1.807) is 0 Å². The molecule has 1 aromatic carbocycles. The number of hydrogen-bond acceptors (Lipinski definition) is 5. The molecule has 0 fully saturated rings. The van der Waals surface area contributed by atoms with Crippen LogP contribution in [0.1, 0.15) is 44.5 Å². The highest BCUT2D eigenvalue weighted by Gasteiger charge is 2.44. The molecule has 6 nitrogen and oxygen atoms in total. The number of anilines is 1. The lowest BCUT2D eigenvalue weighted by Crippen LogP contribution is -2.31. The summed E-state index contributed by atoms with van der Waals surface area (Å²) in [6.07, 6.45) is 6.95. The van der Waals surface area contributed by atoms with Gasteiger partial charge in [0.05, 0.1) is 29.5 Å². The van der Waals surface area contributed by atoms with Gasteiger partial charge in [-0.3, -0.25) is 10.4 Å². The fourth-order valence-corrected chi connectivity index (χ4v) is 4.85. The van der Waals surface area contributed by atoms with Gasteiger partial charge in [0.15, 0.2) is 0 Å². The van der Waals surface area contributed by atoms with E-state index in [2.05, 4.69) is 53.7 Å². The van der Waals surface area contributed by atoms with E-state index in [1.807, 2.05) is 42.3 Å². The number of aromatic nitrogens is 3. The van der Waals surface area contributed by atoms with Crippen LogP contribution >= 0.6 is 11.6 Å². The summed E-state index contributed by atoms with van der Waals surface area (Å²) in [5, 5.41) is 3.70. The summed E-state index contributed by atoms with van der Waals surface area (Å²) in [5.74, 6) is 1.50. The van der Waals surface area contributed by atoms with Crippen molar-refractivity contribution in [1.29, 1.82) is 0 Å². The molecular formula is C24H29ClN6. The van der Waals surface area contributed by atoms with Crippen LogP contribution in [0, 0.1) is 0 Å². The number of allylic oxidation sites excluding steroid dienone is 1. The molecule has 162 valence electrons. The third-order valence-corrected chi connectivity index (χ3v) is 6.53. The summed E-state index contributed by atoms with van der Waals surface area (Å²) >= 11 is 6.28. The number of hydrogen-bond donors (Lipinski definition) is 2. The van der Waals surface area contributed by atoms with Gasteiger partial charge in [0.25, 0.3) is 0 Å². The van der Waals surface area contributed by atoms with Crippen LogP contribution in [0.3, 0.4) is 0 Å². The highest BCUT2D eigenvalue weighted by molar-refractivity contribution is 6.31. The maximum absolute atomic E-state index is 6.28. The van der Waals surface area contributed by atoms with Gasteiger partial charge in [0.2, 0.25) is 0 Å². The van der Waals surface area contributed by atoms with Crippen molar-refractivity contribution in [1.82, 2.24) is 20.0 Å². The molecule has 2 N–H and O–H groups in total. The van der Waals surface area contributed by atoms with Crippen molar-refractivity contribution < 1.29 is 0 Å². The zero-order chi connectivity index (χ0) is 22.2. The first-order valence-corrected chi connectivity index (χ1v) is 11.0. The first-order chi connectivity index (χ1) is 14.9. The third-order valence-electron chi connectivity index (χ3n) is 6.30. The lowest BCUT2D eigenvalue weighted by molar-refractivity contribution is 0.448. The Hall–Kier alpha value is -2.99. The standard InChI is InChI=1S/C24H29ClN6/c1-6-11-24(7-2)16(3)30(22-14-27-12-10-19(22)24)15-23-28-20-9-8-18(25)13-21(20)31(23)29-17(4)26-5/h8-10,12-14,26,29H,3-4,6-7,11,15H2,1-2,5H3. The lowest BCUT2D eigenvalue weighted by atomic mass is 9.74. The van der Waals surface area contributed by atoms with E-state index in [4.69, 9.17) is 16.6 Å². The predicted molar refractivity (Wildman–Crippen MR) is 129 cm³/mol. The second-order valence-electron chi connectivity index (χ2n) is 7.95. The van der Waals surface area contributed by atoms with Crippen LogP contribution < -0.4 is 15.6 Å². The lowest BCUT2D eigenvalue weighted by Gasteiger charge is -2.32. The van der Waals surface area contributed by atoms with Gasteiger partial charge in [0, 0.05) is 29.4 Å². The van der Waals surface area contributed by atoms with E-state index in [0.717, 1.165) is 47.5 Å². The number of nitrogens with zero attached hydrogens (tertiary/aromatic N) is 4. The molecule has 0 bridgehead atoms. The molecule has 3 heterocycles. The van der Waals surface area contributed by atoms with Gasteiger partial charge in [0.1, 0.15) is 11.6 Å². The van der Waals surface area contributed by atoms with Crippen LogP contribution in [0.15, 0.2) is 61.3 Å². The topological polar surface area (TPSA) is 58.0 Å². The van der Waals surface area contributed by atoms with Crippen LogP contribution in [0.5, 0.6) is 0 Å². The maximum atomic E-state index is 6.28. The summed E-state index contributed by atoms with van der Waals surface area (Å²) < 4.78 is 1.94. The molecule has 2 aromatic heterocycles. The van der Waals surface area contributed by atoms with E-state index >= 15 is 0 Å². The Morgan fingerprint density at radius 3 is 2.77 bits per heavy atom. The number of halogens is 1. The Balaban J connectivity index is 1.81. The van der Waals surface area contributed by atoms with Crippen molar-refractivity contribution in [3.05, 3.63) is 77.7 Å². The monoisotopic (exact) mass is 436 g/mol. The zero-order valence-corrected chi connectivity index (χ0v) is 19.1. The minimum atomic E-state index is -0.0742. The molecule has 0 saturated carbocycles. The Bertz CT molecular complexity index is 1150. The first kappa shape index (κ1) is 21.2. The molecule has 1 aliphatic heterocycles. The van der Waals surface area contributed by atoms with Gasteiger partial charge in [-0.05, 0) is 42.7 Å². The number of benzene rings is 1. The Labute approximate surface area is 188 Å². The Morgan fingerprint density at radius 1 is 1.26 bits per heavy atom. The minimum absolute atomic E-state index is 0.0742. The van der Waals surface area contributed by atoms with E-state index in [1.165, 1.54) is 5.56 Å². The van der Waals surface area contributed by atoms with Crippen molar-refractivity contribution in [2.75, 3.05) is 17.4 Å². The SMILES string of the molecule is C=C(NC)Nn1c(CN2C(=C)C(CC)(CCC)c3ccncc32)nc2ccc(Cl)cc21. The summed E-state index contributed by atoms with van der Waals surface area (Å²) in [7, 11) is 1.83. The molecule has 1 aliphatic rings. The molecule has 7 heteroatoms. The number of nitrogens with one attached hydrogen (secondary N) is 2. The fourth-order valence-electron chi connectivity index (χ4n) is 4.68. The summed E-state index contributed by atoms with van der Waals surface area (Å²) in [6.45, 7) is 13.6. The number of pyridine rings is 1. The molecule has 0 amide bonds. The molecule has 1 atom stereocenters. The van der Waals surface area contributed by atoms with Gasteiger partial charge in [-0.1, -0.05) is 45.0 Å². The average Bonchev–Trinajstić information content (AvgIpc) is 3.22. The molecule has 4 rings (SSSR count). The molecular weight excluding hydrogens is 408 g/mol. The van der Waals surface area contributed by atoms with Crippen molar-refractivity contribution in [2.45, 2.75) is 45.1 Å². The van der Waals surface area contributed by atoms with Crippen LogP contribution in [0.25, 0.3) is 11.0 Å².